The number of hydrogen-bond acceptors (Lipinski definition) is 5. The van der Waals surface area contributed by atoms with Crippen LogP contribution in [0.25, 0.3) is 0 Å². The summed E-state index contributed by atoms with van der Waals surface area (Å²) in [4.78, 5) is 22.7. The van der Waals surface area contributed by atoms with Gasteiger partial charge in [-0.1, -0.05) is 24.3 Å². The van der Waals surface area contributed by atoms with Gasteiger partial charge in [-0.2, -0.15) is 0 Å². The third kappa shape index (κ3) is 2.91. The van der Waals surface area contributed by atoms with E-state index >= 15 is 0 Å². The van der Waals surface area contributed by atoms with Crippen LogP contribution in [-0.2, 0) is 19.7 Å². The second-order valence-corrected chi connectivity index (χ2v) is 5.15. The Morgan fingerprint density at radius 2 is 2.00 bits per heavy atom. The number of benzene rings is 1. The first-order chi connectivity index (χ1) is 9.92. The first-order valence-electron chi connectivity index (χ1n) is 6.79. The van der Waals surface area contributed by atoms with Gasteiger partial charge in [0.25, 0.3) is 0 Å². The van der Waals surface area contributed by atoms with E-state index in [0.29, 0.717) is 24.0 Å². The molecule has 3 N–H and O–H groups in total. The maximum absolute atomic E-state index is 11.4. The maximum Gasteiger partial charge on any atom is 0.338 e. The Morgan fingerprint density at radius 1 is 1.33 bits per heavy atom. The van der Waals surface area contributed by atoms with Gasteiger partial charge in [-0.15, -0.1) is 0 Å². The predicted molar refractivity (Wildman–Crippen MR) is 72.6 cm³/mol. The number of esters is 1. The normalized spacial score (nSPS) is 18.6. The van der Waals surface area contributed by atoms with Crippen LogP contribution in [0.15, 0.2) is 24.3 Å². The number of rotatable bonds is 6. The molecule has 0 heterocycles. The van der Waals surface area contributed by atoms with Crippen molar-refractivity contribution in [1.82, 2.24) is 0 Å². The number of aliphatic carboxylic acids is 1. The van der Waals surface area contributed by atoms with Crippen molar-refractivity contribution in [2.24, 2.45) is 0 Å². The van der Waals surface area contributed by atoms with Crippen LogP contribution in [-0.4, -0.2) is 40.0 Å². The summed E-state index contributed by atoms with van der Waals surface area (Å²) in [6.07, 6.45) is -2.06. The third-order valence-electron chi connectivity index (χ3n) is 3.77. The highest BCUT2D eigenvalue weighted by molar-refractivity contribution is 5.85. The molecule has 1 saturated carbocycles. The largest absolute Gasteiger partial charge is 0.481 e. The fourth-order valence-electron chi connectivity index (χ4n) is 2.31. The monoisotopic (exact) mass is 294 g/mol. The van der Waals surface area contributed by atoms with Gasteiger partial charge in [-0.25, -0.2) is 4.79 Å². The summed E-state index contributed by atoms with van der Waals surface area (Å²) in [5.74, 6) is -1.81. The van der Waals surface area contributed by atoms with E-state index < -0.39 is 29.6 Å². The lowest BCUT2D eigenvalue weighted by Crippen LogP contribution is -2.30. The van der Waals surface area contributed by atoms with Gasteiger partial charge >= 0.3 is 11.9 Å². The Balaban J connectivity index is 2.21. The van der Waals surface area contributed by atoms with Gasteiger partial charge in [0.1, 0.15) is 6.10 Å². The summed E-state index contributed by atoms with van der Waals surface area (Å²) in [6.45, 7) is 1.70. The Kier molecular flexibility index (Phi) is 4.29. The number of carboxylic acid groups (broad SMARTS) is 1. The number of aliphatic hydroxyl groups is 2. The highest BCUT2D eigenvalue weighted by atomic mass is 16.5. The van der Waals surface area contributed by atoms with Gasteiger partial charge in [0, 0.05) is 0 Å². The zero-order valence-electron chi connectivity index (χ0n) is 11.7. The topological polar surface area (TPSA) is 104 Å². The Labute approximate surface area is 122 Å². The SMILES string of the molecule is CCOC(=O)C(O)C(O)c1cccc(C2(C(=O)O)CC2)c1. The number of hydrogen-bond donors (Lipinski definition) is 3. The van der Waals surface area contributed by atoms with Crippen molar-refractivity contribution in [3.8, 4) is 0 Å². The van der Waals surface area contributed by atoms with E-state index in [0.717, 1.165) is 0 Å². The molecule has 1 aromatic carbocycles. The third-order valence-corrected chi connectivity index (χ3v) is 3.77. The quantitative estimate of drug-likeness (QED) is 0.669. The van der Waals surface area contributed by atoms with E-state index in [2.05, 4.69) is 4.74 Å². The second kappa shape index (κ2) is 5.83. The molecule has 2 unspecified atom stereocenters. The lowest BCUT2D eigenvalue weighted by atomic mass is 9.92. The minimum Gasteiger partial charge on any atom is -0.481 e. The van der Waals surface area contributed by atoms with Gasteiger partial charge in [0.2, 0.25) is 0 Å². The summed E-state index contributed by atoms with van der Waals surface area (Å²) in [5, 5.41) is 29.1. The smallest absolute Gasteiger partial charge is 0.338 e. The van der Waals surface area contributed by atoms with Crippen LogP contribution < -0.4 is 0 Å². The number of carbonyl (C=O) groups is 2. The molecule has 2 rings (SSSR count). The molecule has 1 aliphatic carbocycles. The minimum atomic E-state index is -1.69. The molecule has 1 aromatic rings. The fraction of sp³-hybridized carbons (Fsp3) is 0.467. The van der Waals surface area contributed by atoms with Gasteiger partial charge in [0.15, 0.2) is 6.10 Å². The molecule has 0 radical (unpaired) electrons. The summed E-state index contributed by atoms with van der Waals surface area (Å²) in [5.41, 5.74) is -0.0341. The molecule has 6 nitrogen and oxygen atoms in total. The highest BCUT2D eigenvalue weighted by Gasteiger charge is 2.51. The lowest BCUT2D eigenvalue weighted by Gasteiger charge is -2.18. The number of carboxylic acids is 1. The zero-order chi connectivity index (χ0) is 15.6. The Bertz CT molecular complexity index is 549. The average Bonchev–Trinajstić information content (AvgIpc) is 3.28. The highest BCUT2D eigenvalue weighted by Crippen LogP contribution is 2.48. The van der Waals surface area contributed by atoms with Crippen molar-refractivity contribution < 1.29 is 29.6 Å². The molecule has 0 bridgehead atoms. The van der Waals surface area contributed by atoms with E-state index in [4.69, 9.17) is 0 Å². The molecule has 6 heteroatoms. The molecule has 1 aliphatic rings. The molecule has 0 spiro atoms. The molecule has 1 fully saturated rings. The molecule has 114 valence electrons. The summed E-state index contributed by atoms with van der Waals surface area (Å²) >= 11 is 0. The van der Waals surface area contributed by atoms with Crippen LogP contribution in [0.2, 0.25) is 0 Å². The first-order valence-corrected chi connectivity index (χ1v) is 6.79. The lowest BCUT2D eigenvalue weighted by molar-refractivity contribution is -0.159. The summed E-state index contributed by atoms with van der Waals surface area (Å²) < 4.78 is 4.65. The second-order valence-electron chi connectivity index (χ2n) is 5.15. The predicted octanol–water partition coefficient (Wildman–Crippen LogP) is 0.760. The fourth-order valence-corrected chi connectivity index (χ4v) is 2.31. The maximum atomic E-state index is 11.4. The van der Waals surface area contributed by atoms with E-state index in [1.807, 2.05) is 0 Å². The van der Waals surface area contributed by atoms with Gasteiger partial charge in [-0.3, -0.25) is 4.79 Å². The Hall–Kier alpha value is -1.92. The molecule has 2 atom stereocenters. The standard InChI is InChI=1S/C15H18O6/c1-2-21-13(18)12(17)11(16)9-4-3-5-10(8-9)15(6-7-15)14(19)20/h3-5,8,11-12,16-17H,2,6-7H2,1H3,(H,19,20). The van der Waals surface area contributed by atoms with Crippen LogP contribution in [0.5, 0.6) is 0 Å². The van der Waals surface area contributed by atoms with Crippen LogP contribution in [0.1, 0.15) is 37.0 Å². The van der Waals surface area contributed by atoms with Gasteiger partial charge < -0.3 is 20.1 Å². The van der Waals surface area contributed by atoms with E-state index in [-0.39, 0.29) is 6.61 Å². The number of carbonyl (C=O) groups excluding carboxylic acids is 1. The van der Waals surface area contributed by atoms with Crippen molar-refractivity contribution >= 4 is 11.9 Å². The van der Waals surface area contributed by atoms with Gasteiger partial charge in [-0.05, 0) is 30.9 Å². The molecule has 0 aliphatic heterocycles. The summed E-state index contributed by atoms with van der Waals surface area (Å²) in [6, 6.07) is 6.34. The molecule has 0 saturated heterocycles. The molecular formula is C15H18O6. The van der Waals surface area contributed by atoms with E-state index in [1.54, 1.807) is 19.1 Å². The van der Waals surface area contributed by atoms with Crippen molar-refractivity contribution in [2.75, 3.05) is 6.61 Å². The van der Waals surface area contributed by atoms with Crippen molar-refractivity contribution in [3.05, 3.63) is 35.4 Å². The molecular weight excluding hydrogens is 276 g/mol. The Morgan fingerprint density at radius 3 is 2.52 bits per heavy atom. The van der Waals surface area contributed by atoms with Crippen LogP contribution in [0, 0.1) is 0 Å². The zero-order valence-corrected chi connectivity index (χ0v) is 11.7. The number of aliphatic hydroxyl groups excluding tert-OH is 2. The minimum absolute atomic E-state index is 0.102. The molecule has 21 heavy (non-hydrogen) atoms. The summed E-state index contributed by atoms with van der Waals surface area (Å²) in [7, 11) is 0. The van der Waals surface area contributed by atoms with Gasteiger partial charge in [0.05, 0.1) is 12.0 Å². The molecule has 0 amide bonds. The first kappa shape index (κ1) is 15.5. The van der Waals surface area contributed by atoms with E-state index in [9.17, 15) is 24.9 Å². The van der Waals surface area contributed by atoms with Crippen LogP contribution in [0.3, 0.4) is 0 Å². The van der Waals surface area contributed by atoms with Crippen molar-refractivity contribution in [1.29, 1.82) is 0 Å². The van der Waals surface area contributed by atoms with Crippen LogP contribution >= 0.6 is 0 Å². The van der Waals surface area contributed by atoms with Crippen molar-refractivity contribution in [3.63, 3.8) is 0 Å². The molecule has 0 aromatic heterocycles. The van der Waals surface area contributed by atoms with Crippen molar-refractivity contribution in [2.45, 2.75) is 37.4 Å². The van der Waals surface area contributed by atoms with Crippen LogP contribution in [0.4, 0.5) is 0 Å². The number of ether oxygens (including phenoxy) is 1. The average molecular weight is 294 g/mol. The van der Waals surface area contributed by atoms with E-state index in [1.165, 1.54) is 12.1 Å².